The van der Waals surface area contributed by atoms with Gasteiger partial charge in [0.2, 0.25) is 0 Å². The minimum atomic E-state index is -2.93. The van der Waals surface area contributed by atoms with Crippen molar-refractivity contribution < 1.29 is 8.42 Å². The molecule has 0 aromatic heterocycles. The van der Waals surface area contributed by atoms with Gasteiger partial charge in [0.15, 0.2) is 9.84 Å². The van der Waals surface area contributed by atoms with Crippen molar-refractivity contribution in [3.63, 3.8) is 0 Å². The summed E-state index contributed by atoms with van der Waals surface area (Å²) in [4.78, 5) is 2.41. The van der Waals surface area contributed by atoms with Crippen molar-refractivity contribution in [1.29, 1.82) is 0 Å². The van der Waals surface area contributed by atoms with E-state index in [4.69, 9.17) is 5.73 Å². The van der Waals surface area contributed by atoms with E-state index in [1.807, 2.05) is 0 Å². The highest BCUT2D eigenvalue weighted by atomic mass is 32.2. The van der Waals surface area contributed by atoms with Gasteiger partial charge in [-0.1, -0.05) is 13.3 Å². The number of likely N-dealkylation sites (tertiary alicyclic amines) is 1. The molecule has 0 radical (unpaired) electrons. The first-order chi connectivity index (χ1) is 8.45. The van der Waals surface area contributed by atoms with Crippen LogP contribution in [-0.2, 0) is 9.84 Å². The largest absolute Gasteiger partial charge is 0.329 e. The summed E-state index contributed by atoms with van der Waals surface area (Å²) in [7, 11) is -2.93. The average molecular weight is 274 g/mol. The van der Waals surface area contributed by atoms with Crippen LogP contribution in [0.25, 0.3) is 0 Å². The molecule has 5 heteroatoms. The normalized spacial score (nSPS) is 39.1. The summed E-state index contributed by atoms with van der Waals surface area (Å²) in [5.74, 6) is 0.588. The van der Waals surface area contributed by atoms with E-state index in [0.717, 1.165) is 25.8 Å². The molecule has 2 N–H and O–H groups in total. The molecule has 0 spiro atoms. The summed E-state index contributed by atoms with van der Waals surface area (Å²) >= 11 is 0. The molecule has 2 aliphatic rings. The molecule has 2 fully saturated rings. The number of piperidine rings is 1. The third-order valence-corrected chi connectivity index (χ3v) is 6.44. The zero-order valence-electron chi connectivity index (χ0n) is 11.5. The van der Waals surface area contributed by atoms with Gasteiger partial charge in [-0.05, 0) is 38.1 Å². The molecular formula is C13H26N2O2S. The van der Waals surface area contributed by atoms with Crippen LogP contribution in [0.3, 0.4) is 0 Å². The lowest BCUT2D eigenvalue weighted by molar-refractivity contribution is 0.0657. The van der Waals surface area contributed by atoms with Crippen LogP contribution >= 0.6 is 0 Å². The lowest BCUT2D eigenvalue weighted by Gasteiger charge is -2.44. The minimum absolute atomic E-state index is 0.170. The molecule has 0 aromatic carbocycles. The van der Waals surface area contributed by atoms with Crippen LogP contribution in [0.4, 0.5) is 0 Å². The van der Waals surface area contributed by atoms with Gasteiger partial charge in [0.25, 0.3) is 0 Å². The van der Waals surface area contributed by atoms with Crippen LogP contribution < -0.4 is 5.73 Å². The fraction of sp³-hybridized carbons (Fsp3) is 1.00. The van der Waals surface area contributed by atoms with E-state index in [0.29, 0.717) is 18.5 Å². The van der Waals surface area contributed by atoms with Crippen LogP contribution in [0.15, 0.2) is 0 Å². The monoisotopic (exact) mass is 274 g/mol. The molecule has 18 heavy (non-hydrogen) atoms. The Morgan fingerprint density at radius 3 is 2.56 bits per heavy atom. The summed E-state index contributed by atoms with van der Waals surface area (Å²) < 4.78 is 23.8. The number of hydrogen-bond donors (Lipinski definition) is 1. The van der Waals surface area contributed by atoms with Gasteiger partial charge in [0, 0.05) is 24.9 Å². The number of nitrogens with zero attached hydrogens (tertiary/aromatic N) is 1. The van der Waals surface area contributed by atoms with Crippen molar-refractivity contribution >= 4 is 9.84 Å². The number of hydrogen-bond acceptors (Lipinski definition) is 4. The lowest BCUT2D eigenvalue weighted by atomic mass is 9.89. The van der Waals surface area contributed by atoms with Gasteiger partial charge in [-0.15, -0.1) is 0 Å². The van der Waals surface area contributed by atoms with Crippen LogP contribution in [0.2, 0.25) is 0 Å². The summed E-state index contributed by atoms with van der Waals surface area (Å²) in [6.45, 7) is 3.91. The van der Waals surface area contributed by atoms with Gasteiger partial charge in [-0.3, -0.25) is 4.90 Å². The first-order valence-electron chi connectivity index (χ1n) is 7.10. The maximum Gasteiger partial charge on any atom is 0.151 e. The molecule has 0 aromatic rings. The Bertz CT molecular complexity index is 382. The van der Waals surface area contributed by atoms with Gasteiger partial charge in [0.1, 0.15) is 0 Å². The quantitative estimate of drug-likeness (QED) is 0.834. The zero-order valence-corrected chi connectivity index (χ0v) is 12.3. The Balaban J connectivity index is 2.18. The van der Waals surface area contributed by atoms with Crippen molar-refractivity contribution in [2.24, 2.45) is 11.7 Å². The van der Waals surface area contributed by atoms with Crippen molar-refractivity contribution in [2.45, 2.75) is 56.4 Å². The average Bonchev–Trinajstić information content (AvgIpc) is 2.77. The third kappa shape index (κ3) is 2.73. The molecule has 4 atom stereocenters. The van der Waals surface area contributed by atoms with Crippen LogP contribution in [0.5, 0.6) is 0 Å². The van der Waals surface area contributed by atoms with Gasteiger partial charge in [0.05, 0.1) is 5.25 Å². The topological polar surface area (TPSA) is 63.4 Å². The summed E-state index contributed by atoms with van der Waals surface area (Å²) in [5, 5.41) is -0.170. The second kappa shape index (κ2) is 5.47. The number of sulfone groups is 1. The molecule has 1 saturated heterocycles. The summed E-state index contributed by atoms with van der Waals surface area (Å²) in [6.07, 6.45) is 6.65. The summed E-state index contributed by atoms with van der Waals surface area (Å²) in [6, 6.07) is 0.572. The predicted molar refractivity (Wildman–Crippen MR) is 74.2 cm³/mol. The van der Waals surface area contributed by atoms with Gasteiger partial charge < -0.3 is 5.73 Å². The Hall–Kier alpha value is -0.130. The first-order valence-corrected chi connectivity index (χ1v) is 9.05. The van der Waals surface area contributed by atoms with Gasteiger partial charge in [-0.25, -0.2) is 8.42 Å². The van der Waals surface area contributed by atoms with Crippen molar-refractivity contribution in [3.8, 4) is 0 Å². The van der Waals surface area contributed by atoms with E-state index in [1.54, 1.807) is 0 Å². The third-order valence-electron chi connectivity index (χ3n) is 4.79. The van der Waals surface area contributed by atoms with Crippen molar-refractivity contribution in [1.82, 2.24) is 4.90 Å². The van der Waals surface area contributed by atoms with E-state index in [1.165, 1.54) is 19.1 Å². The predicted octanol–water partition coefficient (Wildman–Crippen LogP) is 1.01. The van der Waals surface area contributed by atoms with Gasteiger partial charge in [-0.2, -0.15) is 0 Å². The molecule has 1 aliphatic carbocycles. The second-order valence-corrected chi connectivity index (χ2v) is 8.29. The Labute approximate surface area is 111 Å². The molecule has 1 aliphatic heterocycles. The molecule has 106 valence electrons. The molecule has 0 bridgehead atoms. The highest BCUT2D eigenvalue weighted by molar-refractivity contribution is 7.91. The number of nitrogens with two attached hydrogens (primary N) is 1. The first kappa shape index (κ1) is 14.3. The van der Waals surface area contributed by atoms with E-state index in [-0.39, 0.29) is 11.3 Å². The van der Waals surface area contributed by atoms with Crippen LogP contribution in [-0.4, -0.2) is 50.0 Å². The molecule has 1 saturated carbocycles. The van der Waals surface area contributed by atoms with E-state index >= 15 is 0 Å². The smallest absolute Gasteiger partial charge is 0.151 e. The maximum absolute atomic E-state index is 11.9. The van der Waals surface area contributed by atoms with Gasteiger partial charge >= 0.3 is 0 Å². The molecule has 0 amide bonds. The molecule has 4 nitrogen and oxygen atoms in total. The van der Waals surface area contributed by atoms with E-state index < -0.39 is 9.84 Å². The van der Waals surface area contributed by atoms with E-state index in [2.05, 4.69) is 11.8 Å². The fourth-order valence-electron chi connectivity index (χ4n) is 3.85. The lowest BCUT2D eigenvalue weighted by Crippen LogP contribution is -2.56. The van der Waals surface area contributed by atoms with Crippen LogP contribution in [0.1, 0.15) is 39.0 Å². The molecule has 4 unspecified atom stereocenters. The fourth-order valence-corrected chi connectivity index (χ4v) is 5.30. The Morgan fingerprint density at radius 1 is 1.22 bits per heavy atom. The molecular weight excluding hydrogens is 248 g/mol. The Morgan fingerprint density at radius 2 is 1.94 bits per heavy atom. The van der Waals surface area contributed by atoms with Crippen molar-refractivity contribution in [2.75, 3.05) is 19.3 Å². The Kier molecular flexibility index (Phi) is 4.34. The molecule has 2 rings (SSSR count). The van der Waals surface area contributed by atoms with Crippen LogP contribution in [0, 0.1) is 5.92 Å². The number of rotatable bonds is 3. The molecule has 1 heterocycles. The zero-order chi connectivity index (χ0) is 13.3. The highest BCUT2D eigenvalue weighted by Gasteiger charge is 2.42. The van der Waals surface area contributed by atoms with Crippen molar-refractivity contribution in [3.05, 3.63) is 0 Å². The summed E-state index contributed by atoms with van der Waals surface area (Å²) in [5.41, 5.74) is 5.92. The van der Waals surface area contributed by atoms with E-state index in [9.17, 15) is 8.42 Å². The highest BCUT2D eigenvalue weighted by Crippen LogP contribution is 2.34. The standard InChI is InChI=1S/C13H26N2O2S/c1-10-5-4-8-15(12(10)9-14)11-6-3-7-13(11)18(2,16)17/h10-13H,3-9,14H2,1-2H3. The second-order valence-electron chi connectivity index (χ2n) is 6.03. The maximum atomic E-state index is 11.9. The minimum Gasteiger partial charge on any atom is -0.329 e. The SMILES string of the molecule is CC1CCCN(C2CCCC2S(C)(=O)=O)C1CN.